The Labute approximate surface area is 117 Å². The molecule has 1 atom stereocenters. The predicted molar refractivity (Wildman–Crippen MR) is 73.2 cm³/mol. The Morgan fingerprint density at radius 3 is 2.71 bits per heavy atom. The Morgan fingerprint density at radius 2 is 2.12 bits per heavy atom. The highest BCUT2D eigenvalue weighted by Crippen LogP contribution is 2.28. The average molecular weight is 360 g/mol. The molecule has 0 spiro atoms. The maximum Gasteiger partial charge on any atom is 0.175 e. The number of aromatic nitrogens is 4. The Balaban J connectivity index is 2.20. The minimum absolute atomic E-state index is 0.342. The largest absolute Gasteiger partial charge is 0.175 e. The lowest BCUT2D eigenvalue weighted by Crippen LogP contribution is -2.07. The summed E-state index contributed by atoms with van der Waals surface area (Å²) >= 11 is 7.12. The van der Waals surface area contributed by atoms with Gasteiger partial charge in [0.05, 0.1) is 7.05 Å². The maximum atomic E-state index is 4.21. The van der Waals surface area contributed by atoms with E-state index in [-0.39, 0.29) is 0 Å². The van der Waals surface area contributed by atoms with E-state index in [9.17, 15) is 0 Å². The summed E-state index contributed by atoms with van der Waals surface area (Å²) in [7, 11) is 1.78. The van der Waals surface area contributed by atoms with Gasteiger partial charge in [-0.15, -0.1) is 10.2 Å². The van der Waals surface area contributed by atoms with Gasteiger partial charge < -0.3 is 0 Å². The normalized spacial score (nSPS) is 12.6. The monoisotopic (exact) mass is 358 g/mol. The van der Waals surface area contributed by atoms with Crippen LogP contribution in [0.25, 0.3) is 0 Å². The van der Waals surface area contributed by atoms with Crippen molar-refractivity contribution >= 4 is 31.9 Å². The molecule has 1 heterocycles. The van der Waals surface area contributed by atoms with Crippen LogP contribution in [0, 0.1) is 0 Å². The zero-order chi connectivity index (χ0) is 12.3. The van der Waals surface area contributed by atoms with Gasteiger partial charge in [0.25, 0.3) is 0 Å². The van der Waals surface area contributed by atoms with E-state index in [1.54, 1.807) is 7.05 Å². The second-order valence-electron chi connectivity index (χ2n) is 3.77. The van der Waals surface area contributed by atoms with E-state index in [2.05, 4.69) is 59.4 Å². The number of tetrazole rings is 1. The number of aryl methyl sites for hydroxylation is 1. The van der Waals surface area contributed by atoms with Gasteiger partial charge in [-0.25, -0.2) is 0 Å². The van der Waals surface area contributed by atoms with Gasteiger partial charge in [0.2, 0.25) is 0 Å². The lowest BCUT2D eigenvalue weighted by Gasteiger charge is -2.13. The van der Waals surface area contributed by atoms with Crippen LogP contribution in [0.2, 0.25) is 0 Å². The van der Waals surface area contributed by atoms with Crippen LogP contribution in [0.15, 0.2) is 28.7 Å². The molecule has 4 nitrogen and oxygen atoms in total. The number of halogens is 2. The number of rotatable bonds is 4. The molecule has 0 fully saturated rings. The minimum Gasteiger partial charge on any atom is -0.167 e. The lowest BCUT2D eigenvalue weighted by molar-refractivity contribution is 0.625. The van der Waals surface area contributed by atoms with E-state index < -0.39 is 0 Å². The van der Waals surface area contributed by atoms with E-state index >= 15 is 0 Å². The fraction of sp³-hybridized carbons (Fsp3) is 0.364. The number of hydrogen-bond donors (Lipinski definition) is 0. The fourth-order valence-electron chi connectivity index (χ4n) is 1.68. The first-order valence-corrected chi connectivity index (χ1v) is 7.15. The molecule has 0 bridgehead atoms. The van der Waals surface area contributed by atoms with Crippen LogP contribution in [-0.4, -0.2) is 25.5 Å². The predicted octanol–water partition coefficient (Wildman–Crippen LogP) is 2.69. The molecule has 0 saturated carbocycles. The molecule has 6 heteroatoms. The van der Waals surface area contributed by atoms with Crippen molar-refractivity contribution in [1.29, 1.82) is 0 Å². The number of alkyl halides is 1. The van der Waals surface area contributed by atoms with Crippen molar-refractivity contribution < 1.29 is 0 Å². The first kappa shape index (κ1) is 12.7. The smallest absolute Gasteiger partial charge is 0.167 e. The molecule has 0 amide bonds. The number of nitrogens with zero attached hydrogens (tertiary/aromatic N) is 4. The van der Waals surface area contributed by atoms with Crippen molar-refractivity contribution in [2.24, 2.45) is 7.05 Å². The van der Waals surface area contributed by atoms with Crippen molar-refractivity contribution in [3.63, 3.8) is 0 Å². The van der Waals surface area contributed by atoms with Gasteiger partial charge in [-0.05, 0) is 16.8 Å². The molecular weight excluding hydrogens is 348 g/mol. The third kappa shape index (κ3) is 3.13. The summed E-state index contributed by atoms with van der Waals surface area (Å²) in [4.78, 5) is 1.49. The van der Waals surface area contributed by atoms with Crippen LogP contribution in [0.3, 0.4) is 0 Å². The van der Waals surface area contributed by atoms with Gasteiger partial charge in [0.15, 0.2) is 5.82 Å². The first-order chi connectivity index (χ1) is 8.20. The topological polar surface area (TPSA) is 43.6 Å². The van der Waals surface area contributed by atoms with Crippen LogP contribution < -0.4 is 0 Å². The van der Waals surface area contributed by atoms with E-state index in [0.717, 1.165) is 22.0 Å². The van der Waals surface area contributed by atoms with Gasteiger partial charge in [-0.3, -0.25) is 0 Å². The molecule has 2 aromatic rings. The molecule has 0 saturated heterocycles. The SMILES string of the molecule is Cn1nnc(CC(CBr)c2ccccc2Br)n1. The van der Waals surface area contributed by atoms with Crippen LogP contribution >= 0.6 is 31.9 Å². The Bertz CT molecular complexity index is 498. The molecule has 2 rings (SSSR count). The van der Waals surface area contributed by atoms with Gasteiger partial charge >= 0.3 is 0 Å². The average Bonchev–Trinajstić information content (AvgIpc) is 2.73. The highest BCUT2D eigenvalue weighted by Gasteiger charge is 2.16. The molecule has 0 aliphatic heterocycles. The summed E-state index contributed by atoms with van der Waals surface area (Å²) in [6.07, 6.45) is 0.779. The van der Waals surface area contributed by atoms with Crippen LogP contribution in [0.5, 0.6) is 0 Å². The third-order valence-corrected chi connectivity index (χ3v) is 4.01. The highest BCUT2D eigenvalue weighted by molar-refractivity contribution is 9.10. The van der Waals surface area contributed by atoms with Crippen molar-refractivity contribution in [3.8, 4) is 0 Å². The van der Waals surface area contributed by atoms with E-state index in [1.807, 2.05) is 12.1 Å². The van der Waals surface area contributed by atoms with Crippen LogP contribution in [0.1, 0.15) is 17.3 Å². The quantitative estimate of drug-likeness (QED) is 0.788. The van der Waals surface area contributed by atoms with Crippen molar-refractivity contribution in [2.75, 3.05) is 5.33 Å². The zero-order valence-corrected chi connectivity index (χ0v) is 12.5. The zero-order valence-electron chi connectivity index (χ0n) is 9.35. The van der Waals surface area contributed by atoms with E-state index in [1.165, 1.54) is 10.4 Å². The molecule has 0 aliphatic carbocycles. The van der Waals surface area contributed by atoms with Crippen LogP contribution in [-0.2, 0) is 13.5 Å². The van der Waals surface area contributed by atoms with Crippen molar-refractivity contribution in [2.45, 2.75) is 12.3 Å². The lowest BCUT2D eigenvalue weighted by atomic mass is 9.98. The Hall–Kier alpha value is -0.750. The molecule has 1 unspecified atom stereocenters. The Morgan fingerprint density at radius 1 is 1.35 bits per heavy atom. The summed E-state index contributed by atoms with van der Waals surface area (Å²) in [5.41, 5.74) is 1.26. The molecule has 90 valence electrons. The summed E-state index contributed by atoms with van der Waals surface area (Å²) in [6, 6.07) is 8.22. The highest BCUT2D eigenvalue weighted by atomic mass is 79.9. The van der Waals surface area contributed by atoms with Crippen molar-refractivity contribution in [1.82, 2.24) is 20.2 Å². The van der Waals surface area contributed by atoms with Gasteiger partial charge in [-0.2, -0.15) is 4.80 Å². The number of benzene rings is 1. The first-order valence-electron chi connectivity index (χ1n) is 5.24. The fourth-order valence-corrected chi connectivity index (χ4v) is 2.87. The van der Waals surface area contributed by atoms with Gasteiger partial charge in [0, 0.05) is 22.1 Å². The molecule has 1 aromatic heterocycles. The Kier molecular flexibility index (Phi) is 4.28. The molecule has 17 heavy (non-hydrogen) atoms. The maximum absolute atomic E-state index is 4.21. The molecular formula is C11H12Br2N4. The molecule has 0 aliphatic rings. The van der Waals surface area contributed by atoms with Crippen molar-refractivity contribution in [3.05, 3.63) is 40.1 Å². The van der Waals surface area contributed by atoms with E-state index in [0.29, 0.717) is 5.92 Å². The number of hydrogen-bond acceptors (Lipinski definition) is 3. The minimum atomic E-state index is 0.342. The van der Waals surface area contributed by atoms with Gasteiger partial charge in [0.1, 0.15) is 0 Å². The summed E-state index contributed by atoms with van der Waals surface area (Å²) in [5.74, 6) is 1.11. The van der Waals surface area contributed by atoms with Gasteiger partial charge in [-0.1, -0.05) is 50.1 Å². The molecule has 0 N–H and O–H groups in total. The second-order valence-corrected chi connectivity index (χ2v) is 5.27. The molecule has 1 aromatic carbocycles. The standard InChI is InChI=1S/C11H12Br2N4/c1-17-15-11(14-16-17)6-8(7-12)9-4-2-3-5-10(9)13/h2-5,8H,6-7H2,1H3. The summed E-state index contributed by atoms with van der Waals surface area (Å²) in [6.45, 7) is 0. The summed E-state index contributed by atoms with van der Waals surface area (Å²) < 4.78 is 1.12. The summed E-state index contributed by atoms with van der Waals surface area (Å²) in [5, 5.41) is 13.0. The second kappa shape index (κ2) is 5.73. The molecule has 0 radical (unpaired) electrons. The third-order valence-electron chi connectivity index (χ3n) is 2.51. The van der Waals surface area contributed by atoms with E-state index in [4.69, 9.17) is 0 Å². The van der Waals surface area contributed by atoms with Crippen LogP contribution in [0.4, 0.5) is 0 Å².